The fourth-order valence-electron chi connectivity index (χ4n) is 3.78. The molecule has 35 heavy (non-hydrogen) atoms. The number of aromatic hydroxyl groups is 2. The Morgan fingerprint density at radius 2 is 1.54 bits per heavy atom. The van der Waals surface area contributed by atoms with Gasteiger partial charge >= 0.3 is 0 Å². The van der Waals surface area contributed by atoms with Crippen LogP contribution in [0.1, 0.15) is 0 Å². The zero-order chi connectivity index (χ0) is 25.4. The molecular formula is C23H24O12. The first-order chi connectivity index (χ1) is 16.7. The number of aliphatic hydroxyl groups is 4. The molecule has 0 spiro atoms. The molecule has 5 unspecified atom stereocenters. The molecule has 0 bridgehead atoms. The summed E-state index contributed by atoms with van der Waals surface area (Å²) in [4.78, 5) is 11.9. The number of rotatable bonds is 6. The van der Waals surface area contributed by atoms with Gasteiger partial charge in [-0.25, -0.2) is 0 Å². The Hall–Kier alpha value is -3.55. The number of phenols is 2. The van der Waals surface area contributed by atoms with Crippen LogP contribution in [0, 0.1) is 0 Å². The monoisotopic (exact) mass is 492 g/mol. The maximum atomic E-state index is 11.9. The van der Waals surface area contributed by atoms with Gasteiger partial charge in [-0.2, -0.15) is 0 Å². The van der Waals surface area contributed by atoms with Gasteiger partial charge in [-0.05, 0) is 18.2 Å². The smallest absolute Gasteiger partial charge is 0.229 e. The van der Waals surface area contributed by atoms with Crippen molar-refractivity contribution in [2.45, 2.75) is 30.7 Å². The van der Waals surface area contributed by atoms with Gasteiger partial charge in [0.1, 0.15) is 35.9 Å². The van der Waals surface area contributed by atoms with E-state index in [1.807, 2.05) is 0 Å². The molecule has 1 aromatic rings. The zero-order valence-corrected chi connectivity index (χ0v) is 18.6. The van der Waals surface area contributed by atoms with E-state index in [2.05, 4.69) is 0 Å². The van der Waals surface area contributed by atoms with E-state index in [4.69, 9.17) is 23.4 Å². The van der Waals surface area contributed by atoms with Crippen LogP contribution >= 0.6 is 0 Å². The van der Waals surface area contributed by atoms with E-state index in [9.17, 15) is 35.4 Å². The molecular weight excluding hydrogens is 468 g/mol. The van der Waals surface area contributed by atoms with E-state index < -0.39 is 48.5 Å². The van der Waals surface area contributed by atoms with E-state index in [1.54, 1.807) is 0 Å². The lowest BCUT2D eigenvalue weighted by Gasteiger charge is -2.39. The van der Waals surface area contributed by atoms with Crippen LogP contribution in [-0.2, 0) is 4.74 Å². The Balaban J connectivity index is 1.89. The second kappa shape index (κ2) is 9.60. The zero-order valence-electron chi connectivity index (χ0n) is 18.6. The van der Waals surface area contributed by atoms with E-state index in [1.165, 1.54) is 32.4 Å². The molecule has 0 saturated carbocycles. The Kier molecular flexibility index (Phi) is 6.74. The van der Waals surface area contributed by atoms with Crippen LogP contribution in [0.25, 0.3) is 22.6 Å². The number of ether oxygens (including phenoxy) is 4. The maximum Gasteiger partial charge on any atom is 0.229 e. The van der Waals surface area contributed by atoms with Crippen LogP contribution in [-0.4, -0.2) is 82.2 Å². The number of aliphatic hydroxyl groups excluding tert-OH is 4. The van der Waals surface area contributed by atoms with Crippen LogP contribution in [0.2, 0.25) is 0 Å². The average Bonchev–Trinajstić information content (AvgIpc) is 2.84. The largest absolute Gasteiger partial charge is 0.507 e. The van der Waals surface area contributed by atoms with Gasteiger partial charge in [0.15, 0.2) is 28.4 Å². The van der Waals surface area contributed by atoms with Gasteiger partial charge in [0.05, 0.1) is 26.4 Å². The molecule has 188 valence electrons. The van der Waals surface area contributed by atoms with Gasteiger partial charge in [-0.15, -0.1) is 0 Å². The minimum atomic E-state index is -1.72. The van der Waals surface area contributed by atoms with E-state index >= 15 is 0 Å². The van der Waals surface area contributed by atoms with Crippen molar-refractivity contribution in [2.75, 3.05) is 20.8 Å². The van der Waals surface area contributed by atoms with Gasteiger partial charge in [-0.3, -0.25) is 4.79 Å². The second-order valence-electron chi connectivity index (χ2n) is 7.84. The number of phenolic OH excluding ortho intramolecular Hbond substituents is 2. The van der Waals surface area contributed by atoms with Crippen LogP contribution in [0.5, 0.6) is 28.7 Å². The Bertz CT molecular complexity index is 1210. The normalized spacial score (nSPS) is 24.3. The molecule has 2 heterocycles. The summed E-state index contributed by atoms with van der Waals surface area (Å²) in [7, 11) is 2.64. The van der Waals surface area contributed by atoms with Crippen molar-refractivity contribution in [3.8, 4) is 51.4 Å². The summed E-state index contributed by atoms with van der Waals surface area (Å²) in [6.07, 6.45) is -7.82. The molecule has 1 aromatic carbocycles. The first kappa shape index (κ1) is 24.6. The lowest BCUT2D eigenvalue weighted by molar-refractivity contribution is -0.277. The minimum Gasteiger partial charge on any atom is -0.507 e. The van der Waals surface area contributed by atoms with Gasteiger partial charge in [0, 0.05) is 17.7 Å². The summed E-state index contributed by atoms with van der Waals surface area (Å²) in [6.45, 7) is -0.667. The Morgan fingerprint density at radius 3 is 2.14 bits per heavy atom. The average molecular weight is 492 g/mol. The fourth-order valence-corrected chi connectivity index (χ4v) is 3.78. The Labute approximate surface area is 198 Å². The first-order valence-corrected chi connectivity index (χ1v) is 10.4. The molecule has 12 heteroatoms. The highest BCUT2D eigenvalue weighted by molar-refractivity contribution is 5.77. The number of benzene rings is 2. The summed E-state index contributed by atoms with van der Waals surface area (Å²) in [5.41, 5.74) is -0.187. The first-order valence-electron chi connectivity index (χ1n) is 10.4. The van der Waals surface area contributed by atoms with Gasteiger partial charge in [0.25, 0.3) is 0 Å². The maximum absolute atomic E-state index is 11.9. The highest BCUT2D eigenvalue weighted by atomic mass is 16.7. The summed E-state index contributed by atoms with van der Waals surface area (Å²) in [5, 5.41) is 60.6. The van der Waals surface area contributed by atoms with Gasteiger partial charge in [-0.1, -0.05) is 0 Å². The van der Waals surface area contributed by atoms with Gasteiger partial charge < -0.3 is 54.0 Å². The predicted molar refractivity (Wildman–Crippen MR) is 118 cm³/mol. The molecule has 3 aliphatic rings. The number of hydrogen-bond donors (Lipinski definition) is 6. The summed E-state index contributed by atoms with van der Waals surface area (Å²) in [6, 6.07) is 6.22. The molecule has 5 atom stereocenters. The fraction of sp³-hybridized carbons (Fsp3) is 0.348. The highest BCUT2D eigenvalue weighted by Gasteiger charge is 2.45. The molecule has 6 N–H and O–H groups in total. The van der Waals surface area contributed by atoms with E-state index in [0.29, 0.717) is 0 Å². The van der Waals surface area contributed by atoms with Gasteiger partial charge in [0.2, 0.25) is 12.0 Å². The second-order valence-corrected chi connectivity index (χ2v) is 7.84. The standard InChI is InChI=1S/C23H24O12/c1-31-14-3-9(4-15(32-2)18(14)27)22-16(7-11-12(26)5-10(25)6-13(11)33-22)34-23-21(30)20(29)19(28)17(8-24)35-23/h3-7,17,19-21,23-24,26-30H,8H2,1-2H3. The third-order valence-corrected chi connectivity index (χ3v) is 5.64. The number of methoxy groups -OCH3 is 2. The molecule has 1 fully saturated rings. The van der Waals surface area contributed by atoms with Crippen molar-refractivity contribution in [2.24, 2.45) is 0 Å². The quantitative estimate of drug-likeness (QED) is 0.271. The number of hydrogen-bond acceptors (Lipinski definition) is 12. The predicted octanol–water partition coefficient (Wildman–Crippen LogP) is 0.0187. The van der Waals surface area contributed by atoms with Crippen molar-refractivity contribution in [1.29, 1.82) is 0 Å². The topological polar surface area (TPSA) is 189 Å². The van der Waals surface area contributed by atoms with Crippen molar-refractivity contribution < 1.29 is 54.0 Å². The molecule has 1 aliphatic carbocycles. The van der Waals surface area contributed by atoms with Crippen molar-refractivity contribution in [1.82, 2.24) is 0 Å². The van der Waals surface area contributed by atoms with Crippen molar-refractivity contribution >= 4 is 0 Å². The summed E-state index contributed by atoms with van der Waals surface area (Å²) < 4.78 is 27.5. The lowest BCUT2D eigenvalue weighted by Crippen LogP contribution is -2.60. The third kappa shape index (κ3) is 4.45. The van der Waals surface area contributed by atoms with Crippen LogP contribution in [0.15, 0.2) is 39.5 Å². The third-order valence-electron chi connectivity index (χ3n) is 5.64. The molecule has 4 rings (SSSR count). The van der Waals surface area contributed by atoms with E-state index in [0.717, 1.165) is 12.1 Å². The Morgan fingerprint density at radius 1 is 0.886 bits per heavy atom. The van der Waals surface area contributed by atoms with Crippen LogP contribution in [0.3, 0.4) is 0 Å². The molecule has 0 amide bonds. The summed E-state index contributed by atoms with van der Waals surface area (Å²) in [5.74, 6) is -0.806. The van der Waals surface area contributed by atoms with Crippen molar-refractivity contribution in [3.63, 3.8) is 0 Å². The number of fused-ring (bicyclic) bond motifs is 1. The molecule has 2 aliphatic heterocycles. The van der Waals surface area contributed by atoms with Crippen LogP contribution < -0.4 is 19.6 Å². The van der Waals surface area contributed by atoms with Crippen molar-refractivity contribution in [3.05, 3.63) is 40.6 Å². The molecule has 0 aromatic heterocycles. The molecule has 1 saturated heterocycles. The van der Waals surface area contributed by atoms with Crippen LogP contribution in [0.4, 0.5) is 0 Å². The SMILES string of the molecule is COc1cc(-c2oc3cc(=O)cc(O)c-3cc2OC2OC(CO)C(O)C(O)C2O)cc(OC)c1O. The highest BCUT2D eigenvalue weighted by Crippen LogP contribution is 2.46. The van der Waals surface area contributed by atoms with E-state index in [-0.39, 0.29) is 45.6 Å². The molecule has 12 nitrogen and oxygen atoms in total. The summed E-state index contributed by atoms with van der Waals surface area (Å²) >= 11 is 0. The minimum absolute atomic E-state index is 0.00263. The molecule has 0 radical (unpaired) electrons. The lowest BCUT2D eigenvalue weighted by atomic mass is 9.99.